The Morgan fingerprint density at radius 2 is 2.16 bits per heavy atom. The summed E-state index contributed by atoms with van der Waals surface area (Å²) in [5.41, 5.74) is -0.765. The Labute approximate surface area is 115 Å². The van der Waals surface area contributed by atoms with Crippen LogP contribution in [-0.2, 0) is 6.18 Å². The van der Waals surface area contributed by atoms with Crippen molar-refractivity contribution in [3.8, 4) is 6.07 Å². The van der Waals surface area contributed by atoms with Crippen LogP contribution in [0.5, 0.6) is 0 Å². The molecule has 0 aliphatic heterocycles. The fourth-order valence-corrected chi connectivity index (χ4v) is 2.31. The Hall–Kier alpha value is -1.46. The number of rotatable bonds is 2. The summed E-state index contributed by atoms with van der Waals surface area (Å²) in [6, 6.07) is 2.75. The predicted molar refractivity (Wildman–Crippen MR) is 63.9 cm³/mol. The molecule has 0 amide bonds. The number of fused-ring (bicyclic) bond motifs is 1. The van der Waals surface area contributed by atoms with Crippen molar-refractivity contribution in [1.29, 1.82) is 5.26 Å². The summed E-state index contributed by atoms with van der Waals surface area (Å²) in [4.78, 5) is 0. The molecule has 100 valence electrons. The van der Waals surface area contributed by atoms with E-state index in [4.69, 9.17) is 16.9 Å². The van der Waals surface area contributed by atoms with Crippen LogP contribution >= 0.6 is 23.4 Å². The molecule has 0 aliphatic carbocycles. The molecule has 0 aromatic carbocycles. The maximum atomic E-state index is 12.7. The van der Waals surface area contributed by atoms with Crippen molar-refractivity contribution >= 4 is 29.0 Å². The van der Waals surface area contributed by atoms with Gasteiger partial charge in [-0.3, -0.25) is 4.40 Å². The van der Waals surface area contributed by atoms with E-state index in [0.717, 1.165) is 28.4 Å². The van der Waals surface area contributed by atoms with Gasteiger partial charge in [0.1, 0.15) is 0 Å². The number of pyridine rings is 1. The summed E-state index contributed by atoms with van der Waals surface area (Å²) in [5, 5.41) is 15.8. The first-order valence-corrected chi connectivity index (χ1v) is 6.26. The van der Waals surface area contributed by atoms with Gasteiger partial charge in [0.15, 0.2) is 10.8 Å². The van der Waals surface area contributed by atoms with Crippen LogP contribution in [0, 0.1) is 11.3 Å². The van der Waals surface area contributed by atoms with Crippen molar-refractivity contribution in [2.75, 3.05) is 0 Å². The summed E-state index contributed by atoms with van der Waals surface area (Å²) in [6.07, 6.45) is -3.64. The maximum Gasteiger partial charge on any atom is 0.417 e. The molecule has 0 saturated heterocycles. The molecule has 0 bridgehead atoms. The molecular weight excluding hydrogens is 301 g/mol. The third-order valence-corrected chi connectivity index (χ3v) is 3.45. The van der Waals surface area contributed by atoms with E-state index in [1.54, 1.807) is 6.92 Å². The molecule has 19 heavy (non-hydrogen) atoms. The molecule has 2 aromatic heterocycles. The number of hydrogen-bond acceptors (Lipinski definition) is 4. The van der Waals surface area contributed by atoms with Crippen LogP contribution in [0.25, 0.3) is 5.65 Å². The lowest BCUT2D eigenvalue weighted by molar-refractivity contribution is -0.137. The second-order valence-corrected chi connectivity index (χ2v) is 5.35. The van der Waals surface area contributed by atoms with Gasteiger partial charge in [0, 0.05) is 6.20 Å². The molecule has 2 heterocycles. The second kappa shape index (κ2) is 4.90. The normalized spacial score (nSPS) is 13.5. The van der Waals surface area contributed by atoms with E-state index in [1.807, 2.05) is 6.07 Å². The van der Waals surface area contributed by atoms with Gasteiger partial charge in [0.2, 0.25) is 0 Å². The zero-order valence-electron chi connectivity index (χ0n) is 9.44. The average molecular weight is 307 g/mol. The monoisotopic (exact) mass is 306 g/mol. The first-order valence-electron chi connectivity index (χ1n) is 5.00. The predicted octanol–water partition coefficient (Wildman–Crippen LogP) is 3.41. The minimum Gasteiger partial charge on any atom is -0.276 e. The van der Waals surface area contributed by atoms with Crippen molar-refractivity contribution in [3.63, 3.8) is 0 Å². The van der Waals surface area contributed by atoms with Gasteiger partial charge < -0.3 is 0 Å². The minimum atomic E-state index is -4.51. The van der Waals surface area contributed by atoms with Crippen LogP contribution < -0.4 is 0 Å². The standard InChI is InChI=1S/C10H6ClF3N4S/c1-5(3-15)19-9-17-16-8-7(11)2-6(4-18(8)9)10(12,13)14/h2,4-5H,1H3. The SMILES string of the molecule is CC(C#N)Sc1nnc2c(Cl)cc(C(F)(F)F)cn12. The summed E-state index contributed by atoms with van der Waals surface area (Å²) in [5.74, 6) is 0. The van der Waals surface area contributed by atoms with Gasteiger partial charge in [-0.2, -0.15) is 18.4 Å². The quantitative estimate of drug-likeness (QED) is 0.798. The molecule has 2 rings (SSSR count). The van der Waals surface area contributed by atoms with Crippen molar-refractivity contribution in [2.45, 2.75) is 23.5 Å². The zero-order chi connectivity index (χ0) is 14.2. The number of aromatic nitrogens is 3. The summed E-state index contributed by atoms with van der Waals surface area (Å²) in [7, 11) is 0. The Morgan fingerprint density at radius 1 is 1.47 bits per heavy atom. The van der Waals surface area contributed by atoms with Crippen molar-refractivity contribution < 1.29 is 13.2 Å². The minimum absolute atomic E-state index is 0.127. The number of thioether (sulfide) groups is 1. The Balaban J connectivity index is 2.57. The highest BCUT2D eigenvalue weighted by molar-refractivity contribution is 8.00. The smallest absolute Gasteiger partial charge is 0.276 e. The van der Waals surface area contributed by atoms with Gasteiger partial charge in [-0.25, -0.2) is 0 Å². The molecule has 0 aliphatic rings. The number of alkyl halides is 3. The molecule has 0 saturated carbocycles. The van der Waals surface area contributed by atoms with Gasteiger partial charge in [-0.1, -0.05) is 23.4 Å². The third kappa shape index (κ3) is 2.77. The van der Waals surface area contributed by atoms with E-state index in [2.05, 4.69) is 10.2 Å². The maximum absolute atomic E-state index is 12.7. The first-order chi connectivity index (χ1) is 8.82. The van der Waals surface area contributed by atoms with Gasteiger partial charge in [-0.15, -0.1) is 10.2 Å². The van der Waals surface area contributed by atoms with Crippen LogP contribution in [0.1, 0.15) is 12.5 Å². The molecule has 2 aromatic rings. The highest BCUT2D eigenvalue weighted by Gasteiger charge is 2.32. The van der Waals surface area contributed by atoms with Crippen LogP contribution in [0.15, 0.2) is 17.4 Å². The summed E-state index contributed by atoms with van der Waals surface area (Å²) >= 11 is 6.76. The van der Waals surface area contributed by atoms with Crippen molar-refractivity contribution in [3.05, 3.63) is 22.8 Å². The number of nitriles is 1. The first kappa shape index (κ1) is 14.0. The van der Waals surface area contributed by atoms with Gasteiger partial charge in [-0.05, 0) is 13.0 Å². The van der Waals surface area contributed by atoms with Crippen LogP contribution in [0.2, 0.25) is 5.02 Å². The molecule has 0 radical (unpaired) electrons. The highest BCUT2D eigenvalue weighted by atomic mass is 35.5. The van der Waals surface area contributed by atoms with Crippen molar-refractivity contribution in [2.24, 2.45) is 0 Å². The largest absolute Gasteiger partial charge is 0.417 e. The topological polar surface area (TPSA) is 54.0 Å². The molecule has 0 N–H and O–H groups in total. The van der Waals surface area contributed by atoms with Gasteiger partial charge in [0.25, 0.3) is 0 Å². The fourth-order valence-electron chi connectivity index (χ4n) is 1.35. The number of halogens is 4. The fraction of sp³-hybridized carbons (Fsp3) is 0.300. The number of nitrogens with zero attached hydrogens (tertiary/aromatic N) is 4. The molecule has 4 nitrogen and oxygen atoms in total. The Morgan fingerprint density at radius 3 is 2.74 bits per heavy atom. The molecular formula is C10H6ClF3N4S. The molecule has 9 heteroatoms. The van der Waals surface area contributed by atoms with E-state index in [-0.39, 0.29) is 15.8 Å². The molecule has 0 spiro atoms. The van der Waals surface area contributed by atoms with Crippen molar-refractivity contribution in [1.82, 2.24) is 14.6 Å². The lowest BCUT2D eigenvalue weighted by atomic mass is 10.3. The van der Waals surface area contributed by atoms with Gasteiger partial charge in [0.05, 0.1) is 21.9 Å². The van der Waals surface area contributed by atoms with E-state index in [1.165, 1.54) is 0 Å². The number of hydrogen-bond donors (Lipinski definition) is 0. The summed E-state index contributed by atoms with van der Waals surface area (Å²) < 4.78 is 39.2. The van der Waals surface area contributed by atoms with Crippen LogP contribution in [0.4, 0.5) is 13.2 Å². The van der Waals surface area contributed by atoms with Crippen LogP contribution in [-0.4, -0.2) is 19.8 Å². The highest BCUT2D eigenvalue weighted by Crippen LogP contribution is 2.33. The Kier molecular flexibility index (Phi) is 3.60. The zero-order valence-corrected chi connectivity index (χ0v) is 11.0. The molecule has 1 atom stereocenters. The third-order valence-electron chi connectivity index (χ3n) is 2.22. The van der Waals surface area contributed by atoms with E-state index < -0.39 is 17.0 Å². The van der Waals surface area contributed by atoms with E-state index in [0.29, 0.717) is 0 Å². The second-order valence-electron chi connectivity index (χ2n) is 3.64. The lowest BCUT2D eigenvalue weighted by Crippen LogP contribution is -2.07. The molecule has 1 unspecified atom stereocenters. The van der Waals surface area contributed by atoms with Crippen LogP contribution in [0.3, 0.4) is 0 Å². The van der Waals surface area contributed by atoms with E-state index >= 15 is 0 Å². The average Bonchev–Trinajstić information content (AvgIpc) is 2.72. The van der Waals surface area contributed by atoms with Gasteiger partial charge >= 0.3 is 6.18 Å². The summed E-state index contributed by atoms with van der Waals surface area (Å²) in [6.45, 7) is 1.61. The molecule has 0 fully saturated rings. The lowest BCUT2D eigenvalue weighted by Gasteiger charge is -2.08. The van der Waals surface area contributed by atoms with E-state index in [9.17, 15) is 13.2 Å². The Bertz CT molecular complexity index is 661.